The van der Waals surface area contributed by atoms with Crippen LogP contribution in [0.3, 0.4) is 0 Å². The zero-order chi connectivity index (χ0) is 16.1. The zero-order valence-electron chi connectivity index (χ0n) is 13.8. The van der Waals surface area contributed by atoms with E-state index in [0.29, 0.717) is 6.61 Å². The predicted molar refractivity (Wildman–Crippen MR) is 95.9 cm³/mol. The van der Waals surface area contributed by atoms with Crippen molar-refractivity contribution < 1.29 is 21.7 Å². The molecule has 0 aliphatic heterocycles. The van der Waals surface area contributed by atoms with Crippen molar-refractivity contribution in [3.63, 3.8) is 0 Å². The molecule has 0 N–H and O–H groups in total. The Morgan fingerprint density at radius 1 is 1.04 bits per heavy atom. The molecule has 2 heterocycles. The fourth-order valence-electron chi connectivity index (χ4n) is 2.43. The highest BCUT2D eigenvalue weighted by atomic mass is 79.9. The first-order chi connectivity index (χ1) is 11.3. The van der Waals surface area contributed by atoms with Crippen LogP contribution in [0.4, 0.5) is 0 Å². The third-order valence-corrected chi connectivity index (χ3v) is 4.43. The summed E-state index contributed by atoms with van der Waals surface area (Å²) in [6, 6.07) is 12.3. The van der Waals surface area contributed by atoms with Crippen LogP contribution in [0.1, 0.15) is 26.0 Å². The summed E-state index contributed by atoms with van der Waals surface area (Å²) in [5, 5.41) is 3.14. The van der Waals surface area contributed by atoms with Gasteiger partial charge in [0.15, 0.2) is 0 Å². The van der Waals surface area contributed by atoms with Gasteiger partial charge < -0.3 is 21.7 Å². The lowest BCUT2D eigenvalue weighted by atomic mass is 10.1. The highest BCUT2D eigenvalue weighted by molar-refractivity contribution is 7.13. The van der Waals surface area contributed by atoms with Crippen molar-refractivity contribution in [1.29, 1.82) is 0 Å². The van der Waals surface area contributed by atoms with Crippen LogP contribution in [0.25, 0.3) is 21.8 Å². The number of benzene rings is 1. The molecule has 1 aromatic carbocycles. The fourth-order valence-corrected chi connectivity index (χ4v) is 3.26. The second-order valence-electron chi connectivity index (χ2n) is 5.28. The lowest BCUT2D eigenvalue weighted by Gasteiger charge is -2.03. The molecule has 0 unspecified atom stereocenters. The molecule has 0 fully saturated rings. The van der Waals surface area contributed by atoms with E-state index in [2.05, 4.69) is 35.5 Å². The van der Waals surface area contributed by atoms with E-state index in [9.17, 15) is 0 Å². The maximum atomic E-state index is 5.48. The number of thiazole rings is 1. The van der Waals surface area contributed by atoms with E-state index >= 15 is 0 Å². The van der Waals surface area contributed by atoms with Gasteiger partial charge in [-0.2, -0.15) is 0 Å². The van der Waals surface area contributed by atoms with Crippen molar-refractivity contribution in [2.75, 3.05) is 6.61 Å². The standard InChI is InChI=1S/C19H20N2OS.BrH/c1-3-5-16-12-15(10-11-20-16)19-21-18(13-23-19)14-6-8-17(9-7-14)22-4-2;/h6-13H,3-5H2,1-2H3;1H/p-1. The number of rotatable bonds is 6. The van der Waals surface area contributed by atoms with Crippen molar-refractivity contribution in [3.8, 4) is 27.6 Å². The average molecular weight is 404 g/mol. The molecule has 0 saturated carbocycles. The van der Waals surface area contributed by atoms with Gasteiger partial charge in [0.1, 0.15) is 10.8 Å². The third kappa shape index (κ3) is 4.42. The maximum Gasteiger partial charge on any atom is 0.124 e. The molecule has 0 atom stereocenters. The molecular formula is C19H20BrN2OS-. The van der Waals surface area contributed by atoms with Crippen molar-refractivity contribution in [2.24, 2.45) is 0 Å². The monoisotopic (exact) mass is 403 g/mol. The summed E-state index contributed by atoms with van der Waals surface area (Å²) in [5.74, 6) is 0.894. The van der Waals surface area contributed by atoms with E-state index in [0.717, 1.165) is 46.1 Å². The lowest BCUT2D eigenvalue weighted by Crippen LogP contribution is -3.00. The van der Waals surface area contributed by atoms with Gasteiger partial charge in [0.25, 0.3) is 0 Å². The van der Waals surface area contributed by atoms with E-state index in [-0.39, 0.29) is 17.0 Å². The summed E-state index contributed by atoms with van der Waals surface area (Å²) in [7, 11) is 0. The molecule has 0 radical (unpaired) electrons. The van der Waals surface area contributed by atoms with E-state index in [1.165, 1.54) is 0 Å². The second-order valence-corrected chi connectivity index (χ2v) is 6.14. The zero-order valence-corrected chi connectivity index (χ0v) is 16.2. The Bertz CT molecular complexity index is 771. The number of aromatic nitrogens is 2. The molecule has 0 aliphatic rings. The number of hydrogen-bond donors (Lipinski definition) is 0. The van der Waals surface area contributed by atoms with Gasteiger partial charge in [-0.05, 0) is 49.7 Å². The van der Waals surface area contributed by atoms with Gasteiger partial charge in [0, 0.05) is 28.4 Å². The first-order valence-corrected chi connectivity index (χ1v) is 8.82. The average Bonchev–Trinajstić information content (AvgIpc) is 3.07. The van der Waals surface area contributed by atoms with E-state index in [1.54, 1.807) is 11.3 Å². The largest absolute Gasteiger partial charge is 1.00 e. The maximum absolute atomic E-state index is 5.48. The fraction of sp³-hybridized carbons (Fsp3) is 0.263. The summed E-state index contributed by atoms with van der Waals surface area (Å²) in [4.78, 5) is 9.19. The highest BCUT2D eigenvalue weighted by Gasteiger charge is 2.08. The quantitative estimate of drug-likeness (QED) is 0.632. The Morgan fingerprint density at radius 2 is 1.83 bits per heavy atom. The van der Waals surface area contributed by atoms with Crippen molar-refractivity contribution in [1.82, 2.24) is 9.97 Å². The van der Waals surface area contributed by atoms with Crippen molar-refractivity contribution in [3.05, 3.63) is 53.7 Å². The van der Waals surface area contributed by atoms with Crippen LogP contribution in [0.5, 0.6) is 5.75 Å². The molecule has 3 aromatic rings. The summed E-state index contributed by atoms with van der Waals surface area (Å²) >= 11 is 1.67. The molecule has 24 heavy (non-hydrogen) atoms. The molecule has 3 rings (SSSR count). The van der Waals surface area contributed by atoms with Crippen LogP contribution in [0.2, 0.25) is 0 Å². The van der Waals surface area contributed by atoms with Crippen molar-refractivity contribution >= 4 is 11.3 Å². The van der Waals surface area contributed by atoms with Gasteiger partial charge in [-0.1, -0.05) is 13.3 Å². The van der Waals surface area contributed by atoms with Crippen molar-refractivity contribution in [2.45, 2.75) is 26.7 Å². The Morgan fingerprint density at radius 3 is 2.54 bits per heavy atom. The normalized spacial score (nSPS) is 10.2. The van der Waals surface area contributed by atoms with E-state index in [1.807, 2.05) is 31.3 Å². The van der Waals surface area contributed by atoms with Gasteiger partial charge in [-0.15, -0.1) is 11.3 Å². The Balaban J connectivity index is 0.00000208. The predicted octanol–water partition coefficient (Wildman–Crippen LogP) is 2.23. The first kappa shape index (κ1) is 18.6. The van der Waals surface area contributed by atoms with Gasteiger partial charge >= 0.3 is 0 Å². The summed E-state index contributed by atoms with van der Waals surface area (Å²) in [6.07, 6.45) is 3.98. The second kappa shape index (κ2) is 8.94. The van der Waals surface area contributed by atoms with E-state index < -0.39 is 0 Å². The molecule has 126 valence electrons. The van der Waals surface area contributed by atoms with Gasteiger partial charge in [0.05, 0.1) is 12.3 Å². The topological polar surface area (TPSA) is 35.0 Å². The van der Waals surface area contributed by atoms with Crippen LogP contribution >= 0.6 is 11.3 Å². The SMILES string of the molecule is CCCc1cc(-c2nc(-c3ccc(OCC)cc3)cs2)ccn1.[Br-]. The number of halogens is 1. The van der Waals surface area contributed by atoms with Gasteiger partial charge in [0.2, 0.25) is 0 Å². The van der Waals surface area contributed by atoms with Crippen LogP contribution in [-0.2, 0) is 6.42 Å². The third-order valence-electron chi connectivity index (χ3n) is 3.53. The number of hydrogen-bond acceptors (Lipinski definition) is 4. The molecule has 0 bridgehead atoms. The Labute approximate surface area is 157 Å². The van der Waals surface area contributed by atoms with Crippen LogP contribution < -0.4 is 21.7 Å². The first-order valence-electron chi connectivity index (χ1n) is 7.94. The van der Waals surface area contributed by atoms with Crippen LogP contribution in [0, 0.1) is 0 Å². The molecule has 0 saturated heterocycles. The summed E-state index contributed by atoms with van der Waals surface area (Å²) in [5.41, 5.74) is 4.38. The smallest absolute Gasteiger partial charge is 0.124 e. The minimum absolute atomic E-state index is 0. The van der Waals surface area contributed by atoms with Crippen LogP contribution in [-0.4, -0.2) is 16.6 Å². The molecule has 0 amide bonds. The van der Waals surface area contributed by atoms with Gasteiger partial charge in [-0.25, -0.2) is 4.98 Å². The highest BCUT2D eigenvalue weighted by Crippen LogP contribution is 2.30. The molecule has 0 spiro atoms. The van der Waals surface area contributed by atoms with E-state index in [4.69, 9.17) is 9.72 Å². The number of ether oxygens (including phenoxy) is 1. The number of nitrogens with zero attached hydrogens (tertiary/aromatic N) is 2. The Hall–Kier alpha value is -1.72. The summed E-state index contributed by atoms with van der Waals surface area (Å²) in [6.45, 7) is 4.84. The minimum atomic E-state index is 0. The molecule has 2 aromatic heterocycles. The van der Waals surface area contributed by atoms with Crippen LogP contribution in [0.15, 0.2) is 48.0 Å². The lowest BCUT2D eigenvalue weighted by molar-refractivity contribution is -0.00000532. The number of pyridine rings is 1. The van der Waals surface area contributed by atoms with Gasteiger partial charge in [-0.3, -0.25) is 4.98 Å². The number of aryl methyl sites for hydroxylation is 1. The molecular weight excluding hydrogens is 384 g/mol. The summed E-state index contributed by atoms with van der Waals surface area (Å²) < 4.78 is 5.48. The minimum Gasteiger partial charge on any atom is -1.00 e. The molecule has 5 heteroatoms. The molecule has 3 nitrogen and oxygen atoms in total. The Kier molecular flexibility index (Phi) is 6.94. The molecule has 0 aliphatic carbocycles.